The van der Waals surface area contributed by atoms with Crippen LogP contribution in [-0.2, 0) is 6.54 Å². The van der Waals surface area contributed by atoms with Crippen molar-refractivity contribution in [3.8, 4) is 0 Å². The van der Waals surface area contributed by atoms with Gasteiger partial charge in [-0.15, -0.1) is 0 Å². The van der Waals surface area contributed by atoms with Gasteiger partial charge in [-0.3, -0.25) is 4.79 Å². The number of hydrogen-bond donors (Lipinski definition) is 2. The van der Waals surface area contributed by atoms with Crippen molar-refractivity contribution in [1.82, 2.24) is 4.98 Å². The Hall–Kier alpha value is -2.85. The Morgan fingerprint density at radius 3 is 2.48 bits per heavy atom. The van der Waals surface area contributed by atoms with Crippen molar-refractivity contribution in [3.63, 3.8) is 0 Å². The Balaban J connectivity index is 1.59. The number of aromatic nitrogens is 1. The number of nitrogens with zero attached hydrogens (tertiary/aromatic N) is 1. The molecule has 126 valence electrons. The second-order valence-electron chi connectivity index (χ2n) is 5.74. The number of amides is 1. The van der Waals surface area contributed by atoms with Gasteiger partial charge in [-0.1, -0.05) is 41.4 Å². The maximum atomic E-state index is 12.2. The predicted octanol–water partition coefficient (Wildman–Crippen LogP) is 4.91. The van der Waals surface area contributed by atoms with E-state index < -0.39 is 0 Å². The molecule has 2 aromatic carbocycles. The topological polar surface area (TPSA) is 54.0 Å². The molecular weight excluding hydrogens is 334 g/mol. The summed E-state index contributed by atoms with van der Waals surface area (Å²) in [7, 11) is 0. The largest absolute Gasteiger partial charge is 0.380 e. The van der Waals surface area contributed by atoms with Gasteiger partial charge in [0.2, 0.25) is 0 Å². The number of rotatable bonds is 5. The van der Waals surface area contributed by atoms with Gasteiger partial charge in [0.25, 0.3) is 5.91 Å². The first-order valence-electron chi connectivity index (χ1n) is 7.92. The standard InChI is InChI=1S/C20H18ClN3O/c1-14-3-2-4-15(11-14)12-22-18-9-10-19(23-13-18)20(25)24-17-7-5-16(21)6-8-17/h2-11,13,22H,12H2,1H3,(H,24,25). The molecule has 1 heterocycles. The van der Waals surface area contributed by atoms with Gasteiger partial charge in [0.15, 0.2) is 0 Å². The lowest BCUT2D eigenvalue weighted by Gasteiger charge is -2.08. The first-order chi connectivity index (χ1) is 12.1. The number of aryl methyl sites for hydroxylation is 1. The van der Waals surface area contributed by atoms with E-state index in [-0.39, 0.29) is 5.91 Å². The summed E-state index contributed by atoms with van der Waals surface area (Å²) in [4.78, 5) is 16.4. The first kappa shape index (κ1) is 17.0. The van der Waals surface area contributed by atoms with E-state index >= 15 is 0 Å². The van der Waals surface area contributed by atoms with Crippen molar-refractivity contribution in [1.29, 1.82) is 0 Å². The van der Waals surface area contributed by atoms with Crippen LogP contribution < -0.4 is 10.6 Å². The number of hydrogen-bond acceptors (Lipinski definition) is 3. The minimum atomic E-state index is -0.257. The average Bonchev–Trinajstić information content (AvgIpc) is 2.62. The summed E-state index contributed by atoms with van der Waals surface area (Å²) in [6, 6.07) is 18.8. The van der Waals surface area contributed by atoms with Gasteiger partial charge in [-0.2, -0.15) is 0 Å². The van der Waals surface area contributed by atoms with Gasteiger partial charge in [0.1, 0.15) is 5.69 Å². The summed E-state index contributed by atoms with van der Waals surface area (Å²) in [5.74, 6) is -0.257. The van der Waals surface area contributed by atoms with Crippen molar-refractivity contribution in [2.45, 2.75) is 13.5 Å². The van der Waals surface area contributed by atoms with Gasteiger partial charge < -0.3 is 10.6 Å². The Kier molecular flexibility index (Phi) is 5.31. The molecule has 0 unspecified atom stereocenters. The van der Waals surface area contributed by atoms with Crippen molar-refractivity contribution >= 4 is 28.9 Å². The quantitative estimate of drug-likeness (QED) is 0.686. The number of carbonyl (C=O) groups excluding carboxylic acids is 1. The van der Waals surface area contributed by atoms with Gasteiger partial charge in [-0.25, -0.2) is 4.98 Å². The van der Waals surface area contributed by atoms with Crippen LogP contribution in [0.4, 0.5) is 11.4 Å². The normalized spacial score (nSPS) is 10.3. The fourth-order valence-corrected chi connectivity index (χ4v) is 2.51. The summed E-state index contributed by atoms with van der Waals surface area (Å²) in [5.41, 5.74) is 4.33. The molecule has 0 aliphatic rings. The maximum Gasteiger partial charge on any atom is 0.274 e. The number of nitrogens with one attached hydrogen (secondary N) is 2. The third-order valence-corrected chi connectivity index (χ3v) is 3.93. The van der Waals surface area contributed by atoms with Crippen LogP contribution in [0.15, 0.2) is 66.9 Å². The van der Waals surface area contributed by atoms with Gasteiger partial charge >= 0.3 is 0 Å². The van der Waals surface area contributed by atoms with E-state index in [4.69, 9.17) is 11.6 Å². The van der Waals surface area contributed by atoms with E-state index in [0.717, 1.165) is 5.69 Å². The van der Waals surface area contributed by atoms with Crippen molar-refractivity contribution in [2.24, 2.45) is 0 Å². The fourth-order valence-electron chi connectivity index (χ4n) is 2.39. The molecule has 0 saturated heterocycles. The molecule has 3 rings (SSSR count). The molecule has 0 aliphatic carbocycles. The van der Waals surface area contributed by atoms with Crippen LogP contribution in [0.1, 0.15) is 21.6 Å². The van der Waals surface area contributed by atoms with Gasteiger partial charge in [-0.05, 0) is 48.9 Å². The summed E-state index contributed by atoms with van der Waals surface area (Å²) in [6.07, 6.45) is 1.66. The lowest BCUT2D eigenvalue weighted by molar-refractivity contribution is 0.102. The van der Waals surface area contributed by atoms with Crippen LogP contribution in [0.5, 0.6) is 0 Å². The molecule has 1 amide bonds. The Labute approximate surface area is 151 Å². The number of pyridine rings is 1. The molecule has 0 fully saturated rings. The SMILES string of the molecule is Cc1cccc(CNc2ccc(C(=O)Nc3ccc(Cl)cc3)nc2)c1. The highest BCUT2D eigenvalue weighted by atomic mass is 35.5. The molecule has 0 radical (unpaired) electrons. The molecule has 1 aromatic heterocycles. The smallest absolute Gasteiger partial charge is 0.274 e. The second kappa shape index (κ2) is 7.81. The highest BCUT2D eigenvalue weighted by Crippen LogP contribution is 2.15. The van der Waals surface area contributed by atoms with Crippen LogP contribution in [0, 0.1) is 6.92 Å². The lowest BCUT2D eigenvalue weighted by Crippen LogP contribution is -2.13. The monoisotopic (exact) mass is 351 g/mol. The molecule has 4 nitrogen and oxygen atoms in total. The Morgan fingerprint density at radius 2 is 1.80 bits per heavy atom. The van der Waals surface area contributed by atoms with E-state index in [9.17, 15) is 4.79 Å². The molecule has 3 aromatic rings. The molecule has 0 saturated carbocycles. The van der Waals surface area contributed by atoms with E-state index in [1.807, 2.05) is 12.1 Å². The predicted molar refractivity (Wildman–Crippen MR) is 102 cm³/mol. The maximum absolute atomic E-state index is 12.2. The highest BCUT2D eigenvalue weighted by molar-refractivity contribution is 6.30. The van der Waals surface area contributed by atoms with Gasteiger partial charge in [0.05, 0.1) is 11.9 Å². The van der Waals surface area contributed by atoms with E-state index in [0.29, 0.717) is 22.9 Å². The summed E-state index contributed by atoms with van der Waals surface area (Å²) >= 11 is 5.83. The van der Waals surface area contributed by atoms with Crippen LogP contribution in [0.2, 0.25) is 5.02 Å². The molecule has 0 bridgehead atoms. The number of halogens is 1. The van der Waals surface area contributed by atoms with Crippen LogP contribution >= 0.6 is 11.6 Å². The van der Waals surface area contributed by atoms with Gasteiger partial charge in [0, 0.05) is 17.3 Å². The molecule has 25 heavy (non-hydrogen) atoms. The number of carbonyl (C=O) groups is 1. The van der Waals surface area contributed by atoms with E-state index in [1.165, 1.54) is 11.1 Å². The minimum Gasteiger partial charge on any atom is -0.380 e. The summed E-state index contributed by atoms with van der Waals surface area (Å²) in [6.45, 7) is 2.78. The first-order valence-corrected chi connectivity index (χ1v) is 8.30. The van der Waals surface area contributed by atoms with Crippen molar-refractivity contribution in [2.75, 3.05) is 10.6 Å². The Bertz CT molecular complexity index is 861. The summed E-state index contributed by atoms with van der Waals surface area (Å²) < 4.78 is 0. The van der Waals surface area contributed by atoms with E-state index in [2.05, 4.69) is 40.7 Å². The zero-order chi connectivity index (χ0) is 17.6. The Morgan fingerprint density at radius 1 is 1.04 bits per heavy atom. The molecule has 0 atom stereocenters. The van der Waals surface area contributed by atoms with Crippen LogP contribution in [0.25, 0.3) is 0 Å². The van der Waals surface area contributed by atoms with Crippen molar-refractivity contribution in [3.05, 3.63) is 88.7 Å². The minimum absolute atomic E-state index is 0.257. The molecule has 0 spiro atoms. The van der Waals surface area contributed by atoms with Crippen LogP contribution in [-0.4, -0.2) is 10.9 Å². The third-order valence-electron chi connectivity index (χ3n) is 3.68. The third kappa shape index (κ3) is 4.81. The zero-order valence-electron chi connectivity index (χ0n) is 13.8. The molecule has 0 aliphatic heterocycles. The summed E-state index contributed by atoms with van der Waals surface area (Å²) in [5, 5.41) is 6.71. The van der Waals surface area contributed by atoms with Crippen LogP contribution in [0.3, 0.4) is 0 Å². The average molecular weight is 352 g/mol. The molecule has 2 N–H and O–H groups in total. The fraction of sp³-hybridized carbons (Fsp3) is 0.100. The van der Waals surface area contributed by atoms with E-state index in [1.54, 1.807) is 36.5 Å². The number of anilines is 2. The molecule has 5 heteroatoms. The highest BCUT2D eigenvalue weighted by Gasteiger charge is 2.07. The number of benzene rings is 2. The second-order valence-corrected chi connectivity index (χ2v) is 6.17. The lowest BCUT2D eigenvalue weighted by atomic mass is 10.1. The molecular formula is C20H18ClN3O. The zero-order valence-corrected chi connectivity index (χ0v) is 14.5. The van der Waals surface area contributed by atoms with Crippen molar-refractivity contribution < 1.29 is 4.79 Å².